The van der Waals surface area contributed by atoms with Crippen molar-refractivity contribution < 1.29 is 30.3 Å². The van der Waals surface area contributed by atoms with Crippen LogP contribution >= 0.6 is 0 Å². The number of aliphatic hydroxyl groups excluding tert-OH is 4. The topological polar surface area (TPSA) is 151 Å². The van der Waals surface area contributed by atoms with Gasteiger partial charge in [-0.25, -0.2) is 4.98 Å². The summed E-state index contributed by atoms with van der Waals surface area (Å²) in [7, 11) is 0. The molecule has 10 nitrogen and oxygen atoms in total. The lowest BCUT2D eigenvalue weighted by Crippen LogP contribution is -2.50. The van der Waals surface area contributed by atoms with Crippen LogP contribution < -0.4 is 5.32 Å². The Labute approximate surface area is 209 Å². The van der Waals surface area contributed by atoms with Gasteiger partial charge in [-0.2, -0.15) is 0 Å². The zero-order valence-electron chi connectivity index (χ0n) is 20.4. The fourth-order valence-electron chi connectivity index (χ4n) is 5.06. The highest BCUT2D eigenvalue weighted by molar-refractivity contribution is 5.94. The molecule has 2 unspecified atom stereocenters. The molecule has 1 amide bonds. The first kappa shape index (κ1) is 26.1. The zero-order valence-corrected chi connectivity index (χ0v) is 20.4. The maximum Gasteiger partial charge on any atom is 0.253 e. The number of imidazole rings is 1. The molecule has 1 saturated heterocycles. The molecule has 2 heterocycles. The molecule has 194 valence electrons. The highest BCUT2D eigenvalue weighted by Crippen LogP contribution is 2.39. The van der Waals surface area contributed by atoms with Crippen molar-refractivity contribution in [3.05, 3.63) is 76.6 Å². The summed E-state index contributed by atoms with van der Waals surface area (Å²) in [5, 5.41) is 53.8. The number of benzene rings is 1. The Morgan fingerprint density at radius 3 is 2.56 bits per heavy atom. The number of nitrogens with one attached hydrogen (secondary N) is 1. The van der Waals surface area contributed by atoms with Gasteiger partial charge < -0.3 is 35.0 Å². The van der Waals surface area contributed by atoms with E-state index in [0.29, 0.717) is 41.9 Å². The number of aliphatic hydroxyl groups is 5. The number of allylic oxidation sites excluding steroid dienone is 1. The van der Waals surface area contributed by atoms with E-state index in [1.54, 1.807) is 22.6 Å². The van der Waals surface area contributed by atoms with Crippen molar-refractivity contribution >= 4 is 5.91 Å². The van der Waals surface area contributed by atoms with Gasteiger partial charge in [0.25, 0.3) is 5.91 Å². The molecule has 4 rings (SSSR count). The second kappa shape index (κ2) is 10.9. The molecule has 6 N–H and O–H groups in total. The minimum absolute atomic E-state index is 0.0425. The number of aryl methyl sites for hydroxylation is 1. The van der Waals surface area contributed by atoms with Gasteiger partial charge in [0, 0.05) is 48.8 Å². The molecular weight excluding hydrogens is 464 g/mol. The standard InChI is InChI=1S/C26H34N4O6/c1-15-3-5-17(6-4-15)25(34)30-8-7-20-18(10-30)9-16(2)22(23(20)32)24(33)28-21(26(35)36)12-29-11-19(13-31)27-14-29/h3-6,9,11,14,18,20-21,24,26,28,31-33,35-36H,7-8,10,12-13H2,1-2H3/t18-,20?,21-,24?/m0/s1. The van der Waals surface area contributed by atoms with Gasteiger partial charge in [-0.05, 0) is 38.0 Å². The lowest BCUT2D eigenvalue weighted by Gasteiger charge is -2.41. The van der Waals surface area contributed by atoms with Crippen LogP contribution in [0.15, 0.2) is 59.8 Å². The van der Waals surface area contributed by atoms with E-state index in [2.05, 4.69) is 10.3 Å². The molecular formula is C26H34N4O6. The van der Waals surface area contributed by atoms with Gasteiger partial charge in [0.05, 0.1) is 24.7 Å². The maximum absolute atomic E-state index is 13.0. The van der Waals surface area contributed by atoms with Gasteiger partial charge in [-0.15, -0.1) is 0 Å². The summed E-state index contributed by atoms with van der Waals surface area (Å²) in [6.45, 7) is 4.52. The van der Waals surface area contributed by atoms with E-state index in [4.69, 9.17) is 0 Å². The summed E-state index contributed by atoms with van der Waals surface area (Å²) < 4.78 is 1.57. The molecule has 0 saturated carbocycles. The summed E-state index contributed by atoms with van der Waals surface area (Å²) >= 11 is 0. The molecule has 10 heteroatoms. The third-order valence-electron chi connectivity index (χ3n) is 7.02. The number of piperidine rings is 1. The van der Waals surface area contributed by atoms with E-state index in [9.17, 15) is 30.3 Å². The lowest BCUT2D eigenvalue weighted by molar-refractivity contribution is -0.0799. The van der Waals surface area contributed by atoms with E-state index >= 15 is 0 Å². The Morgan fingerprint density at radius 2 is 1.92 bits per heavy atom. The largest absolute Gasteiger partial charge is 0.512 e. The van der Waals surface area contributed by atoms with Crippen LogP contribution in [-0.4, -0.2) is 77.5 Å². The van der Waals surface area contributed by atoms with Gasteiger partial charge >= 0.3 is 0 Å². The quantitative estimate of drug-likeness (QED) is 0.293. The van der Waals surface area contributed by atoms with Crippen LogP contribution in [0.25, 0.3) is 0 Å². The number of hydrogen-bond acceptors (Lipinski definition) is 8. The monoisotopic (exact) mass is 498 g/mol. The first-order chi connectivity index (χ1) is 17.2. The van der Waals surface area contributed by atoms with Crippen LogP contribution in [-0.2, 0) is 13.2 Å². The Balaban J connectivity index is 1.45. The highest BCUT2D eigenvalue weighted by atomic mass is 16.5. The molecule has 0 spiro atoms. The molecule has 2 aliphatic rings. The maximum atomic E-state index is 13.0. The smallest absolute Gasteiger partial charge is 0.253 e. The molecule has 0 radical (unpaired) electrons. The molecule has 4 atom stereocenters. The molecule has 1 aromatic carbocycles. The van der Waals surface area contributed by atoms with Crippen LogP contribution in [0.4, 0.5) is 0 Å². The number of carbonyl (C=O) groups is 1. The zero-order chi connectivity index (χ0) is 26.0. The molecule has 1 aliphatic heterocycles. The van der Waals surface area contributed by atoms with Crippen molar-refractivity contribution in [2.75, 3.05) is 13.1 Å². The van der Waals surface area contributed by atoms with Gasteiger partial charge in [-0.1, -0.05) is 23.8 Å². The first-order valence-corrected chi connectivity index (χ1v) is 12.1. The van der Waals surface area contributed by atoms with Crippen molar-refractivity contribution in [3.8, 4) is 0 Å². The number of nitrogens with zero attached hydrogens (tertiary/aromatic N) is 3. The van der Waals surface area contributed by atoms with Gasteiger partial charge in [0.1, 0.15) is 12.0 Å². The fourth-order valence-corrected chi connectivity index (χ4v) is 5.06. The molecule has 1 fully saturated rings. The third kappa shape index (κ3) is 5.53. The molecule has 0 bridgehead atoms. The van der Waals surface area contributed by atoms with E-state index < -0.39 is 18.6 Å². The SMILES string of the molecule is CC1=C[C@H]2CN(C(=O)c3ccc(C)cc3)CCC2C(O)=C1C(O)N[C@@H](Cn1cnc(CO)c1)C(O)O. The molecule has 2 aromatic rings. The summed E-state index contributed by atoms with van der Waals surface area (Å²) in [5.41, 5.74) is 3.12. The average molecular weight is 499 g/mol. The van der Waals surface area contributed by atoms with Crippen molar-refractivity contribution in [1.29, 1.82) is 0 Å². The molecule has 1 aromatic heterocycles. The van der Waals surface area contributed by atoms with E-state index in [1.165, 1.54) is 6.33 Å². The van der Waals surface area contributed by atoms with E-state index in [1.807, 2.05) is 37.3 Å². The van der Waals surface area contributed by atoms with Crippen LogP contribution in [0.1, 0.15) is 35.0 Å². The molecule has 36 heavy (non-hydrogen) atoms. The summed E-state index contributed by atoms with van der Waals surface area (Å²) in [5.74, 6) is -0.329. The summed E-state index contributed by atoms with van der Waals surface area (Å²) in [6.07, 6.45) is 2.39. The number of fused-ring (bicyclic) bond motifs is 1. The van der Waals surface area contributed by atoms with Crippen LogP contribution in [0.3, 0.4) is 0 Å². The van der Waals surface area contributed by atoms with E-state index in [-0.39, 0.29) is 36.7 Å². The predicted octanol–water partition coefficient (Wildman–Crippen LogP) is 0.822. The van der Waals surface area contributed by atoms with Crippen LogP contribution in [0, 0.1) is 18.8 Å². The normalized spacial score (nSPS) is 21.9. The average Bonchev–Trinajstić information content (AvgIpc) is 3.31. The number of aromatic nitrogens is 2. The Morgan fingerprint density at radius 1 is 1.19 bits per heavy atom. The summed E-state index contributed by atoms with van der Waals surface area (Å²) in [6, 6.07) is 6.50. The van der Waals surface area contributed by atoms with E-state index in [0.717, 1.165) is 5.56 Å². The predicted molar refractivity (Wildman–Crippen MR) is 131 cm³/mol. The van der Waals surface area contributed by atoms with Gasteiger partial charge in [0.2, 0.25) is 0 Å². The Hall–Kier alpha value is -3.02. The summed E-state index contributed by atoms with van der Waals surface area (Å²) in [4.78, 5) is 18.8. The minimum Gasteiger partial charge on any atom is -0.512 e. The first-order valence-electron chi connectivity index (χ1n) is 12.1. The molecule has 1 aliphatic carbocycles. The van der Waals surface area contributed by atoms with Crippen LogP contribution in [0.5, 0.6) is 0 Å². The number of rotatable bonds is 8. The number of carbonyl (C=O) groups excluding carboxylic acids is 1. The number of hydrogen-bond donors (Lipinski definition) is 6. The lowest BCUT2D eigenvalue weighted by atomic mass is 9.76. The highest BCUT2D eigenvalue weighted by Gasteiger charge is 2.39. The van der Waals surface area contributed by atoms with Gasteiger partial charge in [0.15, 0.2) is 6.29 Å². The second-order valence-electron chi connectivity index (χ2n) is 9.63. The Kier molecular flexibility index (Phi) is 7.91. The second-order valence-corrected chi connectivity index (χ2v) is 9.63. The van der Waals surface area contributed by atoms with Crippen molar-refractivity contribution in [3.63, 3.8) is 0 Å². The van der Waals surface area contributed by atoms with Crippen LogP contribution in [0.2, 0.25) is 0 Å². The van der Waals surface area contributed by atoms with Crippen molar-refractivity contribution in [2.45, 2.75) is 52.0 Å². The minimum atomic E-state index is -1.79. The van der Waals surface area contributed by atoms with Crippen molar-refractivity contribution in [2.24, 2.45) is 11.8 Å². The number of amides is 1. The number of likely N-dealkylation sites (tertiary alicyclic amines) is 1. The fraction of sp³-hybridized carbons (Fsp3) is 0.462. The van der Waals surface area contributed by atoms with Gasteiger partial charge in [-0.3, -0.25) is 10.1 Å². The Bertz CT molecular complexity index is 1140. The van der Waals surface area contributed by atoms with Crippen molar-refractivity contribution in [1.82, 2.24) is 19.8 Å². The third-order valence-corrected chi connectivity index (χ3v) is 7.02.